The van der Waals surface area contributed by atoms with Gasteiger partial charge in [-0.3, -0.25) is 4.79 Å². The fourth-order valence-corrected chi connectivity index (χ4v) is 2.53. The predicted octanol–water partition coefficient (Wildman–Crippen LogP) is 3.19. The molecule has 24 heavy (non-hydrogen) atoms. The third-order valence-electron chi connectivity index (χ3n) is 3.83. The van der Waals surface area contributed by atoms with Crippen molar-refractivity contribution < 1.29 is 9.53 Å². The van der Waals surface area contributed by atoms with E-state index in [2.05, 4.69) is 10.5 Å². The van der Waals surface area contributed by atoms with Crippen molar-refractivity contribution in [2.75, 3.05) is 7.11 Å². The van der Waals surface area contributed by atoms with E-state index in [1.807, 2.05) is 72.3 Å². The molecule has 1 heterocycles. The van der Waals surface area contributed by atoms with Crippen LogP contribution in [0.4, 0.5) is 0 Å². The zero-order chi connectivity index (χ0) is 16.9. The normalized spacial score (nSPS) is 11.5. The van der Waals surface area contributed by atoms with Gasteiger partial charge >= 0.3 is 0 Å². The third kappa shape index (κ3) is 3.46. The molecule has 5 heteroatoms. The number of benzene rings is 2. The summed E-state index contributed by atoms with van der Waals surface area (Å²) in [6, 6.07) is 17.5. The van der Waals surface area contributed by atoms with Gasteiger partial charge in [0.2, 0.25) is 0 Å². The van der Waals surface area contributed by atoms with Crippen molar-refractivity contribution in [2.45, 2.75) is 13.5 Å². The Labute approximate surface area is 140 Å². The highest BCUT2D eigenvalue weighted by atomic mass is 16.5. The second-order valence-corrected chi connectivity index (χ2v) is 5.47. The predicted molar refractivity (Wildman–Crippen MR) is 95.3 cm³/mol. The van der Waals surface area contributed by atoms with Crippen LogP contribution >= 0.6 is 0 Å². The number of rotatable bonds is 5. The molecule has 0 radical (unpaired) electrons. The molecule has 0 aliphatic carbocycles. The van der Waals surface area contributed by atoms with Crippen LogP contribution < -0.4 is 10.2 Å². The number of nitrogens with zero attached hydrogens (tertiary/aromatic N) is 2. The molecule has 0 saturated heterocycles. The Bertz CT molecular complexity index is 896. The Kier molecular flexibility index (Phi) is 4.61. The maximum atomic E-state index is 12.1. The van der Waals surface area contributed by atoms with E-state index in [1.165, 1.54) is 0 Å². The van der Waals surface area contributed by atoms with Gasteiger partial charge in [0, 0.05) is 17.3 Å². The molecule has 3 rings (SSSR count). The van der Waals surface area contributed by atoms with Crippen molar-refractivity contribution in [3.63, 3.8) is 0 Å². The van der Waals surface area contributed by atoms with Gasteiger partial charge in [0.1, 0.15) is 12.3 Å². The largest absolute Gasteiger partial charge is 0.497 e. The molecule has 0 bridgehead atoms. The van der Waals surface area contributed by atoms with Gasteiger partial charge in [0.05, 0.1) is 12.8 Å². The van der Waals surface area contributed by atoms with E-state index >= 15 is 0 Å². The van der Waals surface area contributed by atoms with Gasteiger partial charge in [-0.1, -0.05) is 30.3 Å². The molecule has 1 amide bonds. The highest BCUT2D eigenvalue weighted by Gasteiger charge is 2.06. The minimum Gasteiger partial charge on any atom is -0.497 e. The molecule has 0 unspecified atom stereocenters. The van der Waals surface area contributed by atoms with Gasteiger partial charge in [-0.15, -0.1) is 0 Å². The highest BCUT2D eigenvalue weighted by molar-refractivity contribution is 5.99. The van der Waals surface area contributed by atoms with E-state index in [4.69, 9.17) is 4.74 Å². The Morgan fingerprint density at radius 3 is 2.83 bits per heavy atom. The van der Waals surface area contributed by atoms with Gasteiger partial charge < -0.3 is 9.30 Å². The summed E-state index contributed by atoms with van der Waals surface area (Å²) in [5.74, 6) is 0.589. The number of carbonyl (C=O) groups excluding carboxylic acids is 1. The van der Waals surface area contributed by atoms with Crippen molar-refractivity contribution in [3.8, 4) is 5.75 Å². The standard InChI is InChI=1S/C19H19N3O2/c1-14(16-7-5-8-17(12-16)24-2)20-21-19(23)13-22-11-10-15-6-3-4-9-18(15)22/h3-12H,13H2,1-2H3,(H,21,23)/b20-14-. The number of fused-ring (bicyclic) bond motifs is 1. The quantitative estimate of drug-likeness (QED) is 0.579. The number of aromatic nitrogens is 1. The summed E-state index contributed by atoms with van der Waals surface area (Å²) in [6.45, 7) is 2.07. The van der Waals surface area contributed by atoms with Gasteiger partial charge in [0.15, 0.2) is 0 Å². The van der Waals surface area contributed by atoms with Crippen LogP contribution in [0.1, 0.15) is 12.5 Å². The average molecular weight is 321 g/mol. The average Bonchev–Trinajstić information content (AvgIpc) is 3.03. The van der Waals surface area contributed by atoms with Crippen molar-refractivity contribution in [2.24, 2.45) is 5.10 Å². The first kappa shape index (κ1) is 15.8. The van der Waals surface area contributed by atoms with Crippen LogP contribution in [0, 0.1) is 0 Å². The van der Waals surface area contributed by atoms with E-state index in [9.17, 15) is 4.79 Å². The van der Waals surface area contributed by atoms with Gasteiger partial charge in [-0.25, -0.2) is 5.43 Å². The summed E-state index contributed by atoms with van der Waals surface area (Å²) in [6.07, 6.45) is 1.91. The molecule has 3 aromatic rings. The summed E-state index contributed by atoms with van der Waals surface area (Å²) in [7, 11) is 1.62. The van der Waals surface area contributed by atoms with Crippen molar-refractivity contribution in [3.05, 3.63) is 66.4 Å². The molecule has 122 valence electrons. The Hall–Kier alpha value is -3.08. The fraction of sp³-hybridized carbons (Fsp3) is 0.158. The first-order valence-electron chi connectivity index (χ1n) is 7.69. The van der Waals surface area contributed by atoms with Crippen LogP contribution in [0.3, 0.4) is 0 Å². The van der Waals surface area contributed by atoms with Crippen LogP contribution in [0.2, 0.25) is 0 Å². The lowest BCUT2D eigenvalue weighted by molar-refractivity contribution is -0.121. The number of hydrogen-bond donors (Lipinski definition) is 1. The minimum absolute atomic E-state index is 0.168. The van der Waals surface area contributed by atoms with Gasteiger partial charge in [-0.05, 0) is 36.6 Å². The SMILES string of the molecule is COc1cccc(/C(C)=N\NC(=O)Cn2ccc3ccccc32)c1. The van der Waals surface area contributed by atoms with Gasteiger partial charge in [0.25, 0.3) is 5.91 Å². The lowest BCUT2D eigenvalue weighted by Gasteiger charge is -2.06. The van der Waals surface area contributed by atoms with Crippen molar-refractivity contribution in [1.82, 2.24) is 9.99 Å². The number of methoxy groups -OCH3 is 1. The molecule has 0 aliphatic rings. The van der Waals surface area contributed by atoms with Crippen LogP contribution in [-0.2, 0) is 11.3 Å². The Balaban J connectivity index is 1.68. The monoisotopic (exact) mass is 321 g/mol. The number of carbonyl (C=O) groups is 1. The molecule has 0 spiro atoms. The molecule has 0 atom stereocenters. The third-order valence-corrected chi connectivity index (χ3v) is 3.83. The maximum Gasteiger partial charge on any atom is 0.259 e. The summed E-state index contributed by atoms with van der Waals surface area (Å²) in [5.41, 5.74) is 5.26. The lowest BCUT2D eigenvalue weighted by atomic mass is 10.1. The topological polar surface area (TPSA) is 55.6 Å². The van der Waals surface area contributed by atoms with E-state index in [0.29, 0.717) is 0 Å². The molecule has 2 aromatic carbocycles. The summed E-state index contributed by atoms with van der Waals surface area (Å²) in [5, 5.41) is 5.29. The Morgan fingerprint density at radius 1 is 1.17 bits per heavy atom. The second-order valence-electron chi connectivity index (χ2n) is 5.47. The van der Waals surface area contributed by atoms with Crippen LogP contribution in [0.15, 0.2) is 65.9 Å². The number of para-hydroxylation sites is 1. The highest BCUT2D eigenvalue weighted by Crippen LogP contribution is 2.15. The molecule has 0 fully saturated rings. The van der Waals surface area contributed by atoms with E-state index in [-0.39, 0.29) is 12.5 Å². The first-order chi connectivity index (χ1) is 11.7. The maximum absolute atomic E-state index is 12.1. The zero-order valence-electron chi connectivity index (χ0n) is 13.7. The number of hydrogen-bond acceptors (Lipinski definition) is 3. The van der Waals surface area contributed by atoms with Crippen LogP contribution in [0.5, 0.6) is 5.75 Å². The smallest absolute Gasteiger partial charge is 0.259 e. The van der Waals surface area contributed by atoms with E-state index < -0.39 is 0 Å². The number of nitrogens with one attached hydrogen (secondary N) is 1. The number of ether oxygens (including phenoxy) is 1. The summed E-state index contributed by atoms with van der Waals surface area (Å²) >= 11 is 0. The van der Waals surface area contributed by atoms with Crippen molar-refractivity contribution in [1.29, 1.82) is 0 Å². The fourth-order valence-electron chi connectivity index (χ4n) is 2.53. The molecule has 5 nitrogen and oxygen atoms in total. The minimum atomic E-state index is -0.168. The zero-order valence-corrected chi connectivity index (χ0v) is 13.7. The van der Waals surface area contributed by atoms with Crippen LogP contribution in [-0.4, -0.2) is 23.3 Å². The van der Waals surface area contributed by atoms with Crippen LogP contribution in [0.25, 0.3) is 10.9 Å². The first-order valence-corrected chi connectivity index (χ1v) is 7.69. The summed E-state index contributed by atoms with van der Waals surface area (Å²) in [4.78, 5) is 12.1. The molecule has 0 aliphatic heterocycles. The molecule has 1 aromatic heterocycles. The molecule has 0 saturated carbocycles. The number of hydrazone groups is 1. The number of amides is 1. The van der Waals surface area contributed by atoms with E-state index in [0.717, 1.165) is 27.9 Å². The van der Waals surface area contributed by atoms with E-state index in [1.54, 1.807) is 7.11 Å². The molecule has 1 N–H and O–H groups in total. The van der Waals surface area contributed by atoms with Crippen molar-refractivity contribution >= 4 is 22.5 Å². The molecular formula is C19H19N3O2. The second kappa shape index (κ2) is 7.00. The lowest BCUT2D eigenvalue weighted by Crippen LogP contribution is -2.23. The Morgan fingerprint density at radius 2 is 2.00 bits per heavy atom. The molecular weight excluding hydrogens is 302 g/mol. The van der Waals surface area contributed by atoms with Gasteiger partial charge in [-0.2, -0.15) is 5.10 Å². The summed E-state index contributed by atoms with van der Waals surface area (Å²) < 4.78 is 7.10.